The number of nitrogens with two attached hydrogens (primary N) is 1. The first-order valence-electron chi connectivity index (χ1n) is 7.32. The smallest absolute Gasteiger partial charge is 0.241 e. The van der Waals surface area contributed by atoms with Crippen LogP contribution in [0.3, 0.4) is 0 Å². The zero-order valence-corrected chi connectivity index (χ0v) is 14.7. The summed E-state index contributed by atoms with van der Waals surface area (Å²) < 4.78 is 28.0. The molecule has 0 bridgehead atoms. The van der Waals surface area contributed by atoms with Gasteiger partial charge in [0.2, 0.25) is 10.0 Å². The Bertz CT molecular complexity index is 587. The van der Waals surface area contributed by atoms with E-state index in [9.17, 15) is 8.42 Å². The highest BCUT2D eigenvalue weighted by molar-refractivity contribution is 7.89. The van der Waals surface area contributed by atoms with Crippen molar-refractivity contribution in [2.24, 2.45) is 11.7 Å². The van der Waals surface area contributed by atoms with Crippen molar-refractivity contribution in [1.82, 2.24) is 4.72 Å². The molecule has 0 heterocycles. The quantitative estimate of drug-likeness (QED) is 0.877. The Balaban J connectivity index is 3.25. The van der Waals surface area contributed by atoms with Crippen LogP contribution in [0.25, 0.3) is 0 Å². The van der Waals surface area contributed by atoms with Crippen LogP contribution in [-0.4, -0.2) is 21.0 Å². The van der Waals surface area contributed by atoms with Crippen LogP contribution in [0.2, 0.25) is 0 Å². The number of benzene rings is 1. The van der Waals surface area contributed by atoms with Gasteiger partial charge in [-0.3, -0.25) is 0 Å². The number of rotatable bonds is 5. The van der Waals surface area contributed by atoms with Crippen LogP contribution in [-0.2, 0) is 15.4 Å². The topological polar surface area (TPSA) is 72.2 Å². The predicted octanol–water partition coefficient (Wildman–Crippen LogP) is 2.55. The van der Waals surface area contributed by atoms with Crippen molar-refractivity contribution in [3.05, 3.63) is 29.3 Å². The molecule has 1 rings (SSSR count). The molecule has 0 saturated carbocycles. The third kappa shape index (κ3) is 4.53. The minimum absolute atomic E-state index is 0.0940. The first-order chi connectivity index (χ1) is 9.49. The van der Waals surface area contributed by atoms with Crippen molar-refractivity contribution in [3.63, 3.8) is 0 Å². The van der Waals surface area contributed by atoms with E-state index in [4.69, 9.17) is 5.73 Å². The SMILES string of the molecule is Cc1ccc(C(C)(C)C)cc1S(=O)(=O)NC(CN)C(C)C. The minimum atomic E-state index is -3.56. The second-order valence-corrected chi connectivity index (χ2v) is 8.62. The summed E-state index contributed by atoms with van der Waals surface area (Å²) in [5.74, 6) is 0.149. The largest absolute Gasteiger partial charge is 0.329 e. The van der Waals surface area contributed by atoms with Gasteiger partial charge in [0.15, 0.2) is 0 Å². The normalized spacial score (nSPS) is 14.5. The van der Waals surface area contributed by atoms with Gasteiger partial charge in [-0.2, -0.15) is 0 Å². The van der Waals surface area contributed by atoms with Gasteiger partial charge in [-0.05, 0) is 35.4 Å². The predicted molar refractivity (Wildman–Crippen MR) is 87.9 cm³/mol. The average Bonchev–Trinajstić information content (AvgIpc) is 2.34. The van der Waals surface area contributed by atoms with E-state index in [0.717, 1.165) is 11.1 Å². The van der Waals surface area contributed by atoms with Gasteiger partial charge in [0.25, 0.3) is 0 Å². The third-order valence-corrected chi connectivity index (χ3v) is 5.34. The van der Waals surface area contributed by atoms with Crippen LogP contribution >= 0.6 is 0 Å². The van der Waals surface area contributed by atoms with Crippen LogP contribution < -0.4 is 10.5 Å². The molecule has 0 radical (unpaired) electrons. The van der Waals surface area contributed by atoms with Crippen LogP contribution in [0, 0.1) is 12.8 Å². The number of hydrogen-bond acceptors (Lipinski definition) is 3. The fourth-order valence-corrected chi connectivity index (χ4v) is 3.74. The summed E-state index contributed by atoms with van der Waals surface area (Å²) in [4.78, 5) is 0.342. The number of sulfonamides is 1. The Hall–Kier alpha value is -0.910. The molecule has 21 heavy (non-hydrogen) atoms. The number of aryl methyl sites for hydroxylation is 1. The molecular formula is C16H28N2O2S. The van der Waals surface area contributed by atoms with E-state index in [2.05, 4.69) is 25.5 Å². The summed E-state index contributed by atoms with van der Waals surface area (Å²) in [6, 6.07) is 5.36. The van der Waals surface area contributed by atoms with Crippen molar-refractivity contribution < 1.29 is 8.42 Å². The van der Waals surface area contributed by atoms with E-state index in [1.165, 1.54) is 0 Å². The van der Waals surface area contributed by atoms with Crippen molar-refractivity contribution in [2.45, 2.75) is 57.9 Å². The first-order valence-corrected chi connectivity index (χ1v) is 8.81. The molecule has 0 amide bonds. The summed E-state index contributed by atoms with van der Waals surface area (Å²) in [5, 5.41) is 0. The average molecular weight is 312 g/mol. The molecule has 0 aliphatic heterocycles. The van der Waals surface area contributed by atoms with Gasteiger partial charge < -0.3 is 5.73 Å². The molecule has 0 fully saturated rings. The molecule has 4 nitrogen and oxygen atoms in total. The molecule has 0 aromatic heterocycles. The second-order valence-electron chi connectivity index (χ2n) is 6.94. The molecule has 1 aromatic carbocycles. The van der Waals surface area contributed by atoms with Crippen LogP contribution in [0.15, 0.2) is 23.1 Å². The summed E-state index contributed by atoms with van der Waals surface area (Å²) in [5.41, 5.74) is 7.32. The lowest BCUT2D eigenvalue weighted by atomic mass is 9.87. The van der Waals surface area contributed by atoms with Crippen molar-refractivity contribution in [1.29, 1.82) is 0 Å². The molecule has 1 aromatic rings. The van der Waals surface area contributed by atoms with Crippen LogP contribution in [0.5, 0.6) is 0 Å². The zero-order valence-electron chi connectivity index (χ0n) is 13.9. The zero-order chi connectivity index (χ0) is 16.4. The van der Waals surface area contributed by atoms with E-state index in [1.807, 2.05) is 32.9 Å². The highest BCUT2D eigenvalue weighted by atomic mass is 32.2. The monoisotopic (exact) mass is 312 g/mol. The van der Waals surface area contributed by atoms with Crippen LogP contribution in [0.4, 0.5) is 0 Å². The highest BCUT2D eigenvalue weighted by Gasteiger charge is 2.25. The van der Waals surface area contributed by atoms with Gasteiger partial charge in [0, 0.05) is 12.6 Å². The van der Waals surface area contributed by atoms with Gasteiger partial charge in [0.05, 0.1) is 4.90 Å². The van der Waals surface area contributed by atoms with Gasteiger partial charge in [-0.15, -0.1) is 0 Å². The summed E-state index contributed by atoms with van der Waals surface area (Å²) in [6.07, 6.45) is 0. The molecule has 0 aliphatic rings. The molecule has 0 aliphatic carbocycles. The third-order valence-electron chi connectivity index (χ3n) is 3.71. The van der Waals surface area contributed by atoms with Crippen molar-refractivity contribution in [3.8, 4) is 0 Å². The van der Waals surface area contributed by atoms with E-state index in [-0.39, 0.29) is 23.9 Å². The molecular weight excluding hydrogens is 284 g/mol. The molecule has 1 atom stereocenters. The number of nitrogens with one attached hydrogen (secondary N) is 1. The summed E-state index contributed by atoms with van der Waals surface area (Å²) >= 11 is 0. The maximum atomic E-state index is 12.6. The lowest BCUT2D eigenvalue weighted by Gasteiger charge is -2.23. The van der Waals surface area contributed by atoms with Crippen molar-refractivity contribution in [2.75, 3.05) is 6.54 Å². The van der Waals surface area contributed by atoms with E-state index >= 15 is 0 Å². The molecule has 0 spiro atoms. The van der Waals surface area contributed by atoms with Gasteiger partial charge in [-0.1, -0.05) is 46.8 Å². The maximum Gasteiger partial charge on any atom is 0.241 e. The Morgan fingerprint density at radius 2 is 1.81 bits per heavy atom. The number of hydrogen-bond donors (Lipinski definition) is 2. The minimum Gasteiger partial charge on any atom is -0.329 e. The highest BCUT2D eigenvalue weighted by Crippen LogP contribution is 2.26. The first kappa shape index (κ1) is 18.1. The second kappa shape index (κ2) is 6.46. The van der Waals surface area contributed by atoms with Gasteiger partial charge >= 0.3 is 0 Å². The molecule has 120 valence electrons. The fourth-order valence-electron chi connectivity index (χ4n) is 2.08. The molecule has 5 heteroatoms. The Labute approximate surface area is 129 Å². The molecule has 3 N–H and O–H groups in total. The van der Waals surface area contributed by atoms with E-state index < -0.39 is 10.0 Å². The van der Waals surface area contributed by atoms with E-state index in [0.29, 0.717) is 4.90 Å². The maximum absolute atomic E-state index is 12.6. The summed E-state index contributed by atoms with van der Waals surface area (Å²) in [6.45, 7) is 12.2. The fraction of sp³-hybridized carbons (Fsp3) is 0.625. The lowest BCUT2D eigenvalue weighted by molar-refractivity contribution is 0.454. The van der Waals surface area contributed by atoms with Gasteiger partial charge in [-0.25, -0.2) is 13.1 Å². The Kier molecular flexibility index (Phi) is 5.58. The standard InChI is InChI=1S/C16H28N2O2S/c1-11(2)14(10-17)18-21(19,20)15-9-13(16(4,5)6)8-7-12(15)3/h7-9,11,14,18H,10,17H2,1-6H3. The van der Waals surface area contributed by atoms with Crippen LogP contribution in [0.1, 0.15) is 45.7 Å². The lowest BCUT2D eigenvalue weighted by Crippen LogP contribution is -2.43. The Morgan fingerprint density at radius 3 is 2.24 bits per heavy atom. The Morgan fingerprint density at radius 1 is 1.24 bits per heavy atom. The summed E-state index contributed by atoms with van der Waals surface area (Å²) in [7, 11) is -3.56. The van der Waals surface area contributed by atoms with E-state index in [1.54, 1.807) is 6.07 Å². The van der Waals surface area contributed by atoms with Crippen molar-refractivity contribution >= 4 is 10.0 Å². The molecule has 1 unspecified atom stereocenters. The molecule has 0 saturated heterocycles. The van der Waals surface area contributed by atoms with Gasteiger partial charge in [0.1, 0.15) is 0 Å².